The van der Waals surface area contributed by atoms with E-state index >= 15 is 0 Å². The normalized spacial score (nSPS) is 12.3. The van der Waals surface area contributed by atoms with Gasteiger partial charge >= 0.3 is 0 Å². The first-order valence-corrected chi connectivity index (χ1v) is 7.19. The molecule has 0 bridgehead atoms. The van der Waals surface area contributed by atoms with E-state index in [-0.39, 0.29) is 6.79 Å². The fourth-order valence-corrected chi connectivity index (χ4v) is 2.58. The average molecular weight is 307 g/mol. The molecule has 2 heterocycles. The van der Waals surface area contributed by atoms with Gasteiger partial charge in [-0.15, -0.1) is 5.10 Å². The third-order valence-corrected chi connectivity index (χ3v) is 3.72. The third kappa shape index (κ3) is 2.44. The Labute approximate surface area is 132 Å². The number of benzene rings is 2. The fourth-order valence-electron chi connectivity index (χ4n) is 2.58. The Hall–Kier alpha value is -3.15. The van der Waals surface area contributed by atoms with E-state index in [4.69, 9.17) is 9.47 Å². The lowest BCUT2D eigenvalue weighted by Crippen LogP contribution is -2.04. The second-order valence-electron chi connectivity index (χ2n) is 5.15. The molecule has 6 nitrogen and oxygen atoms in total. The predicted octanol–water partition coefficient (Wildman–Crippen LogP) is 2.40. The van der Waals surface area contributed by atoms with Crippen molar-refractivity contribution in [2.45, 2.75) is 6.42 Å². The van der Waals surface area contributed by atoms with Crippen LogP contribution in [0.25, 0.3) is 5.69 Å². The van der Waals surface area contributed by atoms with Crippen LogP contribution in [0.2, 0.25) is 0 Å². The first-order chi connectivity index (χ1) is 11.3. The van der Waals surface area contributed by atoms with E-state index in [9.17, 15) is 4.79 Å². The molecule has 0 N–H and O–H groups in total. The molecule has 4 rings (SSSR count). The van der Waals surface area contributed by atoms with Gasteiger partial charge in [0, 0.05) is 12.5 Å². The molecule has 3 aromatic rings. The van der Waals surface area contributed by atoms with Gasteiger partial charge in [-0.2, -0.15) is 0 Å². The van der Waals surface area contributed by atoms with Crippen molar-refractivity contribution in [2.24, 2.45) is 0 Å². The molecule has 0 aliphatic carbocycles. The Balaban J connectivity index is 1.77. The van der Waals surface area contributed by atoms with E-state index in [1.54, 1.807) is 4.68 Å². The highest BCUT2D eigenvalue weighted by Crippen LogP contribution is 2.34. The lowest BCUT2D eigenvalue weighted by Gasteiger charge is -2.08. The average Bonchev–Trinajstić information content (AvgIpc) is 3.21. The first-order valence-electron chi connectivity index (χ1n) is 7.19. The van der Waals surface area contributed by atoms with Crippen LogP contribution in [0.1, 0.15) is 21.7 Å². The quantitative estimate of drug-likeness (QED) is 0.692. The zero-order chi connectivity index (χ0) is 15.6. The van der Waals surface area contributed by atoms with Crippen molar-refractivity contribution in [3.05, 3.63) is 65.5 Å². The van der Waals surface area contributed by atoms with E-state index in [0.717, 1.165) is 23.2 Å². The minimum Gasteiger partial charge on any atom is -0.454 e. The number of carbonyl (C=O) groups is 1. The second kappa shape index (κ2) is 5.57. The Morgan fingerprint density at radius 1 is 1.09 bits per heavy atom. The second-order valence-corrected chi connectivity index (χ2v) is 5.15. The van der Waals surface area contributed by atoms with Crippen LogP contribution in [0.4, 0.5) is 0 Å². The summed E-state index contributed by atoms with van der Waals surface area (Å²) >= 11 is 0. The van der Waals surface area contributed by atoms with E-state index in [2.05, 4.69) is 10.3 Å². The van der Waals surface area contributed by atoms with Crippen LogP contribution < -0.4 is 9.47 Å². The minimum absolute atomic E-state index is 0.215. The Bertz CT molecular complexity index is 859. The van der Waals surface area contributed by atoms with Gasteiger partial charge in [0.15, 0.2) is 17.8 Å². The molecule has 6 heteroatoms. The number of fused-ring (bicyclic) bond motifs is 1. The number of aromatic nitrogens is 3. The summed E-state index contributed by atoms with van der Waals surface area (Å²) < 4.78 is 12.4. The van der Waals surface area contributed by atoms with Gasteiger partial charge in [0.1, 0.15) is 5.69 Å². The van der Waals surface area contributed by atoms with Crippen molar-refractivity contribution in [1.82, 2.24) is 15.0 Å². The van der Waals surface area contributed by atoms with Crippen molar-refractivity contribution in [3.63, 3.8) is 0 Å². The Kier molecular flexibility index (Phi) is 3.27. The summed E-state index contributed by atoms with van der Waals surface area (Å²) in [5, 5.41) is 8.09. The number of hydrogen-bond donors (Lipinski definition) is 0. The zero-order valence-electron chi connectivity index (χ0n) is 12.2. The molecule has 0 atom stereocenters. The van der Waals surface area contributed by atoms with Crippen molar-refractivity contribution < 1.29 is 14.3 Å². The summed E-state index contributed by atoms with van der Waals surface area (Å²) in [5.74, 6) is 1.37. The Morgan fingerprint density at radius 2 is 1.91 bits per heavy atom. The van der Waals surface area contributed by atoms with E-state index in [0.29, 0.717) is 23.6 Å². The molecule has 0 unspecified atom stereocenters. The van der Waals surface area contributed by atoms with Gasteiger partial charge < -0.3 is 9.47 Å². The maximum atomic E-state index is 11.3. The monoisotopic (exact) mass is 307 g/mol. The zero-order valence-corrected chi connectivity index (χ0v) is 12.2. The molecule has 23 heavy (non-hydrogen) atoms. The van der Waals surface area contributed by atoms with Crippen LogP contribution in [0.15, 0.2) is 48.5 Å². The van der Waals surface area contributed by atoms with Gasteiger partial charge in [-0.3, -0.25) is 4.79 Å². The van der Waals surface area contributed by atoms with Gasteiger partial charge in [-0.1, -0.05) is 35.5 Å². The summed E-state index contributed by atoms with van der Waals surface area (Å²) in [5.41, 5.74) is 2.94. The van der Waals surface area contributed by atoms with Gasteiger partial charge in [0.05, 0.1) is 11.4 Å². The van der Waals surface area contributed by atoms with Crippen LogP contribution in [0.5, 0.6) is 11.5 Å². The van der Waals surface area contributed by atoms with Crippen LogP contribution >= 0.6 is 0 Å². The topological polar surface area (TPSA) is 66.2 Å². The third-order valence-electron chi connectivity index (χ3n) is 3.72. The van der Waals surface area contributed by atoms with Gasteiger partial charge in [0.2, 0.25) is 6.79 Å². The molecule has 0 amide bonds. The lowest BCUT2D eigenvalue weighted by molar-refractivity contribution is 0.111. The maximum absolute atomic E-state index is 11.3. The fraction of sp³-hybridized carbons (Fsp3) is 0.118. The van der Waals surface area contributed by atoms with Gasteiger partial charge in [0.25, 0.3) is 0 Å². The molecule has 2 aromatic carbocycles. The summed E-state index contributed by atoms with van der Waals surface area (Å²) in [6.07, 6.45) is 1.30. The van der Waals surface area contributed by atoms with Crippen LogP contribution in [-0.4, -0.2) is 28.1 Å². The molecule has 0 saturated carbocycles. The number of hydrogen-bond acceptors (Lipinski definition) is 5. The largest absolute Gasteiger partial charge is 0.454 e. The minimum atomic E-state index is 0.215. The molecular weight excluding hydrogens is 294 g/mol. The van der Waals surface area contributed by atoms with Gasteiger partial charge in [-0.25, -0.2) is 4.68 Å². The van der Waals surface area contributed by atoms with E-state index in [1.807, 2.05) is 48.5 Å². The molecule has 0 spiro atoms. The van der Waals surface area contributed by atoms with Crippen LogP contribution in [-0.2, 0) is 6.42 Å². The smallest absolute Gasteiger partial charge is 0.231 e. The molecule has 1 aliphatic heterocycles. The highest BCUT2D eigenvalue weighted by atomic mass is 16.7. The molecule has 1 aliphatic rings. The number of ether oxygens (including phenoxy) is 2. The standard InChI is InChI=1S/C17H13N3O3/c21-10-14-15(8-12-4-2-1-3-5-12)20(19-18-14)13-6-7-16-17(9-13)23-11-22-16/h1-7,9-10H,8,11H2. The lowest BCUT2D eigenvalue weighted by atomic mass is 10.1. The van der Waals surface area contributed by atoms with Crippen molar-refractivity contribution >= 4 is 6.29 Å². The molecule has 0 radical (unpaired) electrons. The number of aldehydes is 1. The maximum Gasteiger partial charge on any atom is 0.231 e. The predicted molar refractivity (Wildman–Crippen MR) is 82.1 cm³/mol. The molecular formula is C17H13N3O3. The summed E-state index contributed by atoms with van der Waals surface area (Å²) in [4.78, 5) is 11.3. The van der Waals surface area contributed by atoms with Crippen molar-refractivity contribution in [3.8, 4) is 17.2 Å². The SMILES string of the molecule is O=Cc1nnn(-c2ccc3c(c2)OCO3)c1Cc1ccccc1. The van der Waals surface area contributed by atoms with E-state index < -0.39 is 0 Å². The van der Waals surface area contributed by atoms with Crippen molar-refractivity contribution in [2.75, 3.05) is 6.79 Å². The summed E-state index contributed by atoms with van der Waals surface area (Å²) in [6.45, 7) is 0.215. The summed E-state index contributed by atoms with van der Waals surface area (Å²) in [6, 6.07) is 15.4. The molecule has 1 aromatic heterocycles. The van der Waals surface area contributed by atoms with Gasteiger partial charge in [-0.05, 0) is 17.7 Å². The molecule has 0 saturated heterocycles. The Morgan fingerprint density at radius 3 is 2.74 bits per heavy atom. The number of nitrogens with zero attached hydrogens (tertiary/aromatic N) is 3. The first kappa shape index (κ1) is 13.5. The molecule has 114 valence electrons. The van der Waals surface area contributed by atoms with Crippen LogP contribution in [0, 0.1) is 0 Å². The highest BCUT2D eigenvalue weighted by molar-refractivity contribution is 5.74. The van der Waals surface area contributed by atoms with Crippen LogP contribution in [0.3, 0.4) is 0 Å². The van der Waals surface area contributed by atoms with E-state index in [1.165, 1.54) is 0 Å². The molecule has 0 fully saturated rings. The van der Waals surface area contributed by atoms with Crippen molar-refractivity contribution in [1.29, 1.82) is 0 Å². The highest BCUT2D eigenvalue weighted by Gasteiger charge is 2.18. The number of rotatable bonds is 4. The summed E-state index contributed by atoms with van der Waals surface area (Å²) in [7, 11) is 0. The number of carbonyl (C=O) groups excluding carboxylic acids is 1.